The highest BCUT2D eigenvalue weighted by molar-refractivity contribution is 5.76. The third kappa shape index (κ3) is 3.90. The van der Waals surface area contributed by atoms with Crippen molar-refractivity contribution in [3.63, 3.8) is 0 Å². The van der Waals surface area contributed by atoms with Crippen LogP contribution in [0.15, 0.2) is 18.2 Å². The number of hydrogen-bond donors (Lipinski definition) is 0. The van der Waals surface area contributed by atoms with Gasteiger partial charge in [0.2, 0.25) is 5.91 Å². The summed E-state index contributed by atoms with van der Waals surface area (Å²) in [5, 5.41) is 0. The van der Waals surface area contributed by atoms with Gasteiger partial charge in [0.25, 0.3) is 0 Å². The van der Waals surface area contributed by atoms with Gasteiger partial charge in [0, 0.05) is 32.6 Å². The number of anilines is 1. The second kappa shape index (κ2) is 6.83. The van der Waals surface area contributed by atoms with Gasteiger partial charge in [-0.15, -0.1) is 0 Å². The largest absolute Gasteiger partial charge is 0.495 e. The normalized spacial score (nSPS) is 15.5. The number of methoxy groups -OCH3 is 1. The van der Waals surface area contributed by atoms with Crippen molar-refractivity contribution in [2.45, 2.75) is 27.2 Å². The minimum absolute atomic E-state index is 0.279. The van der Waals surface area contributed by atoms with Gasteiger partial charge in [-0.25, -0.2) is 0 Å². The summed E-state index contributed by atoms with van der Waals surface area (Å²) in [5.41, 5.74) is 2.36. The molecule has 2 rings (SSSR count). The number of ether oxygens (including phenoxy) is 1. The van der Waals surface area contributed by atoms with E-state index in [1.54, 1.807) is 7.11 Å². The van der Waals surface area contributed by atoms with Gasteiger partial charge in [-0.2, -0.15) is 0 Å². The maximum atomic E-state index is 12.1. The fraction of sp³-hybridized carbons (Fsp3) is 0.588. The molecule has 4 nitrogen and oxygen atoms in total. The molecule has 1 amide bonds. The van der Waals surface area contributed by atoms with E-state index in [1.165, 1.54) is 5.56 Å². The summed E-state index contributed by atoms with van der Waals surface area (Å²) < 4.78 is 5.46. The van der Waals surface area contributed by atoms with Gasteiger partial charge in [0.1, 0.15) is 5.75 Å². The molecule has 4 heteroatoms. The number of aryl methyl sites for hydroxylation is 1. The summed E-state index contributed by atoms with van der Waals surface area (Å²) in [4.78, 5) is 16.4. The topological polar surface area (TPSA) is 32.8 Å². The van der Waals surface area contributed by atoms with Crippen LogP contribution in [0.25, 0.3) is 0 Å². The number of carbonyl (C=O) groups is 1. The molecule has 0 saturated carbocycles. The lowest BCUT2D eigenvalue weighted by Crippen LogP contribution is -2.49. The molecule has 0 aliphatic carbocycles. The average Bonchev–Trinajstić information content (AvgIpc) is 2.46. The Labute approximate surface area is 127 Å². The van der Waals surface area contributed by atoms with E-state index in [0.29, 0.717) is 12.3 Å². The molecule has 0 spiro atoms. The monoisotopic (exact) mass is 290 g/mol. The number of benzene rings is 1. The molecule has 21 heavy (non-hydrogen) atoms. The molecular formula is C17H26N2O2. The Hall–Kier alpha value is -1.71. The van der Waals surface area contributed by atoms with Gasteiger partial charge in [0.05, 0.1) is 12.8 Å². The number of hydrogen-bond acceptors (Lipinski definition) is 3. The molecule has 1 aromatic carbocycles. The van der Waals surface area contributed by atoms with E-state index in [-0.39, 0.29) is 5.91 Å². The third-order valence-electron chi connectivity index (χ3n) is 3.89. The lowest BCUT2D eigenvalue weighted by atomic mass is 10.1. The first-order valence-corrected chi connectivity index (χ1v) is 7.68. The molecule has 116 valence electrons. The van der Waals surface area contributed by atoms with Crippen molar-refractivity contribution < 1.29 is 9.53 Å². The van der Waals surface area contributed by atoms with Crippen LogP contribution in [0.1, 0.15) is 25.8 Å². The fourth-order valence-corrected chi connectivity index (χ4v) is 2.72. The van der Waals surface area contributed by atoms with Crippen molar-refractivity contribution in [3.8, 4) is 5.75 Å². The van der Waals surface area contributed by atoms with Crippen LogP contribution in [-0.4, -0.2) is 44.1 Å². The molecule has 0 radical (unpaired) electrons. The van der Waals surface area contributed by atoms with Gasteiger partial charge in [-0.3, -0.25) is 4.79 Å². The lowest BCUT2D eigenvalue weighted by Gasteiger charge is -2.37. The van der Waals surface area contributed by atoms with Gasteiger partial charge >= 0.3 is 0 Å². The van der Waals surface area contributed by atoms with E-state index in [0.717, 1.165) is 37.6 Å². The maximum Gasteiger partial charge on any atom is 0.222 e. The highest BCUT2D eigenvalue weighted by Crippen LogP contribution is 2.30. The lowest BCUT2D eigenvalue weighted by molar-refractivity contribution is -0.132. The van der Waals surface area contributed by atoms with Gasteiger partial charge < -0.3 is 14.5 Å². The van der Waals surface area contributed by atoms with Gasteiger partial charge in [-0.05, 0) is 30.5 Å². The van der Waals surface area contributed by atoms with Gasteiger partial charge in [0.15, 0.2) is 0 Å². The highest BCUT2D eigenvalue weighted by Gasteiger charge is 2.23. The quantitative estimate of drug-likeness (QED) is 0.854. The molecular weight excluding hydrogens is 264 g/mol. The predicted octanol–water partition coefficient (Wildman–Crippen LogP) is 2.70. The van der Waals surface area contributed by atoms with Crippen LogP contribution in [0.4, 0.5) is 5.69 Å². The van der Waals surface area contributed by atoms with Crippen molar-refractivity contribution in [2.24, 2.45) is 5.92 Å². The van der Waals surface area contributed by atoms with Crippen molar-refractivity contribution in [2.75, 3.05) is 38.2 Å². The summed E-state index contributed by atoms with van der Waals surface area (Å²) in [6.45, 7) is 9.58. The third-order valence-corrected chi connectivity index (χ3v) is 3.89. The molecule has 1 saturated heterocycles. The zero-order valence-corrected chi connectivity index (χ0v) is 13.6. The Morgan fingerprint density at radius 3 is 2.48 bits per heavy atom. The number of rotatable bonds is 4. The van der Waals surface area contributed by atoms with E-state index < -0.39 is 0 Å². The standard InChI is InChI=1S/C17H26N2O2/c1-13(2)11-17(20)19-9-7-18(8-10-19)15-12-14(3)5-6-16(15)21-4/h5-6,12-13H,7-11H2,1-4H3. The van der Waals surface area contributed by atoms with E-state index >= 15 is 0 Å². The zero-order valence-electron chi connectivity index (χ0n) is 13.6. The van der Waals surface area contributed by atoms with Crippen molar-refractivity contribution in [3.05, 3.63) is 23.8 Å². The van der Waals surface area contributed by atoms with Crippen LogP contribution in [-0.2, 0) is 4.79 Å². The summed E-state index contributed by atoms with van der Waals surface area (Å²) >= 11 is 0. The Morgan fingerprint density at radius 2 is 1.90 bits per heavy atom. The van der Waals surface area contributed by atoms with Crippen LogP contribution in [0.2, 0.25) is 0 Å². The molecule has 1 aromatic rings. The molecule has 0 N–H and O–H groups in total. The molecule has 0 unspecified atom stereocenters. The number of piperazine rings is 1. The summed E-state index contributed by atoms with van der Waals surface area (Å²) in [6.07, 6.45) is 0.647. The molecule has 0 atom stereocenters. The minimum Gasteiger partial charge on any atom is -0.495 e. The molecule has 1 aliphatic rings. The van der Waals surface area contributed by atoms with Crippen LogP contribution in [0.3, 0.4) is 0 Å². The average molecular weight is 290 g/mol. The van der Waals surface area contributed by atoms with Crippen molar-refractivity contribution >= 4 is 11.6 Å². The van der Waals surface area contributed by atoms with Crippen molar-refractivity contribution in [1.82, 2.24) is 4.90 Å². The van der Waals surface area contributed by atoms with E-state index in [1.807, 2.05) is 11.0 Å². The smallest absolute Gasteiger partial charge is 0.222 e. The predicted molar refractivity (Wildman–Crippen MR) is 86.0 cm³/mol. The molecule has 1 aliphatic heterocycles. The van der Waals surface area contributed by atoms with Crippen LogP contribution >= 0.6 is 0 Å². The number of amides is 1. The minimum atomic E-state index is 0.279. The molecule has 1 heterocycles. The second-order valence-corrected chi connectivity index (χ2v) is 6.14. The Kier molecular flexibility index (Phi) is 5.10. The SMILES string of the molecule is COc1ccc(C)cc1N1CCN(C(=O)CC(C)C)CC1. The first-order chi connectivity index (χ1) is 10.0. The Morgan fingerprint density at radius 1 is 1.24 bits per heavy atom. The summed E-state index contributed by atoms with van der Waals surface area (Å²) in [6, 6.07) is 6.23. The van der Waals surface area contributed by atoms with Crippen LogP contribution in [0.5, 0.6) is 5.75 Å². The maximum absolute atomic E-state index is 12.1. The Bertz CT molecular complexity index is 492. The highest BCUT2D eigenvalue weighted by atomic mass is 16.5. The summed E-state index contributed by atoms with van der Waals surface area (Å²) in [7, 11) is 1.70. The number of nitrogens with zero attached hydrogens (tertiary/aromatic N) is 2. The van der Waals surface area contributed by atoms with E-state index in [9.17, 15) is 4.79 Å². The zero-order chi connectivity index (χ0) is 15.4. The second-order valence-electron chi connectivity index (χ2n) is 6.14. The molecule has 0 aromatic heterocycles. The molecule has 1 fully saturated rings. The Balaban J connectivity index is 2.01. The van der Waals surface area contributed by atoms with Crippen LogP contribution < -0.4 is 9.64 Å². The summed E-state index contributed by atoms with van der Waals surface area (Å²) in [5.74, 6) is 1.61. The van der Waals surface area contributed by atoms with Crippen molar-refractivity contribution in [1.29, 1.82) is 0 Å². The van der Waals surface area contributed by atoms with Gasteiger partial charge in [-0.1, -0.05) is 19.9 Å². The van der Waals surface area contributed by atoms with E-state index in [2.05, 4.69) is 37.8 Å². The van der Waals surface area contributed by atoms with Crippen LogP contribution in [0, 0.1) is 12.8 Å². The first-order valence-electron chi connectivity index (χ1n) is 7.68. The van der Waals surface area contributed by atoms with E-state index in [4.69, 9.17) is 4.74 Å². The fourth-order valence-electron chi connectivity index (χ4n) is 2.72. The first kappa shape index (κ1) is 15.7. The molecule has 0 bridgehead atoms. The number of carbonyl (C=O) groups excluding carboxylic acids is 1.